The second kappa shape index (κ2) is 7.45. The fourth-order valence-corrected chi connectivity index (χ4v) is 3.04. The molecule has 1 saturated carbocycles. The summed E-state index contributed by atoms with van der Waals surface area (Å²) in [6.45, 7) is 3.56. The molecule has 1 aromatic carbocycles. The molecule has 0 unspecified atom stereocenters. The lowest BCUT2D eigenvalue weighted by Crippen LogP contribution is -2.53. The minimum Gasteiger partial charge on any atom is -0.480 e. The second-order valence-corrected chi connectivity index (χ2v) is 6.24. The van der Waals surface area contributed by atoms with Crippen LogP contribution >= 0.6 is 23.2 Å². The van der Waals surface area contributed by atoms with E-state index in [0.29, 0.717) is 28.7 Å². The van der Waals surface area contributed by atoms with Gasteiger partial charge in [0, 0.05) is 28.7 Å². The molecule has 0 aromatic heterocycles. The Kier molecular flexibility index (Phi) is 5.88. The number of benzene rings is 1. The van der Waals surface area contributed by atoms with Crippen LogP contribution in [-0.2, 0) is 11.3 Å². The predicted octanol–water partition coefficient (Wildman–Crippen LogP) is 3.02. The molecule has 0 bridgehead atoms. The van der Waals surface area contributed by atoms with E-state index in [1.807, 2.05) is 17.9 Å². The number of likely N-dealkylation sites (N-methyl/N-ethyl adjacent to an activating group) is 1. The standard InChI is InChI=1S/C15H20Cl2N2O2/c1-2-19(9-15(20)21)13-6-12(7-13)18-8-10-5-11(16)3-4-14(10)17/h3-5,12-13,18H,2,6-9H2,1H3,(H,20,21). The van der Waals surface area contributed by atoms with Crippen LogP contribution < -0.4 is 5.32 Å². The molecule has 0 amide bonds. The summed E-state index contributed by atoms with van der Waals surface area (Å²) in [6, 6.07) is 6.22. The number of carbonyl (C=O) groups is 1. The SMILES string of the molecule is CCN(CC(=O)O)C1CC(NCc2cc(Cl)ccc2Cl)C1. The molecule has 4 nitrogen and oxygen atoms in total. The summed E-state index contributed by atoms with van der Waals surface area (Å²) in [6.07, 6.45) is 1.94. The molecule has 6 heteroatoms. The van der Waals surface area contributed by atoms with E-state index in [1.165, 1.54) is 0 Å². The van der Waals surface area contributed by atoms with Gasteiger partial charge in [-0.05, 0) is 43.1 Å². The van der Waals surface area contributed by atoms with Gasteiger partial charge in [0.15, 0.2) is 0 Å². The number of carboxylic acid groups (broad SMARTS) is 1. The Bertz CT molecular complexity index is 504. The normalized spacial score (nSPS) is 21.3. The van der Waals surface area contributed by atoms with Crippen LogP contribution in [0.5, 0.6) is 0 Å². The maximum Gasteiger partial charge on any atom is 0.317 e. The molecule has 0 spiro atoms. The quantitative estimate of drug-likeness (QED) is 0.806. The molecule has 0 atom stereocenters. The fraction of sp³-hybridized carbons (Fsp3) is 0.533. The van der Waals surface area contributed by atoms with E-state index in [9.17, 15) is 4.79 Å². The molecule has 1 aliphatic carbocycles. The molecular weight excluding hydrogens is 311 g/mol. The van der Waals surface area contributed by atoms with Crippen LogP contribution in [0.15, 0.2) is 18.2 Å². The van der Waals surface area contributed by atoms with Crippen molar-refractivity contribution in [3.8, 4) is 0 Å². The molecule has 0 heterocycles. The highest BCUT2D eigenvalue weighted by Gasteiger charge is 2.33. The molecule has 116 valence electrons. The summed E-state index contributed by atoms with van der Waals surface area (Å²) in [5.41, 5.74) is 0.991. The van der Waals surface area contributed by atoms with Gasteiger partial charge in [0.05, 0.1) is 6.54 Å². The van der Waals surface area contributed by atoms with E-state index in [-0.39, 0.29) is 6.54 Å². The van der Waals surface area contributed by atoms with Crippen LogP contribution in [0.1, 0.15) is 25.3 Å². The number of aliphatic carboxylic acids is 1. The van der Waals surface area contributed by atoms with Gasteiger partial charge < -0.3 is 10.4 Å². The maximum atomic E-state index is 10.8. The monoisotopic (exact) mass is 330 g/mol. The van der Waals surface area contributed by atoms with E-state index in [2.05, 4.69) is 5.32 Å². The van der Waals surface area contributed by atoms with E-state index in [1.54, 1.807) is 12.1 Å². The van der Waals surface area contributed by atoms with Crippen LogP contribution in [0.25, 0.3) is 0 Å². The Hall–Kier alpha value is -0.810. The molecule has 21 heavy (non-hydrogen) atoms. The largest absolute Gasteiger partial charge is 0.480 e. The molecule has 0 saturated heterocycles. The van der Waals surface area contributed by atoms with Gasteiger partial charge in [0.25, 0.3) is 0 Å². The first kappa shape index (κ1) is 16.6. The van der Waals surface area contributed by atoms with Crippen molar-refractivity contribution in [2.75, 3.05) is 13.1 Å². The van der Waals surface area contributed by atoms with Gasteiger partial charge in [0.2, 0.25) is 0 Å². The highest BCUT2D eigenvalue weighted by molar-refractivity contribution is 6.33. The predicted molar refractivity (Wildman–Crippen MR) is 85.0 cm³/mol. The van der Waals surface area contributed by atoms with E-state index in [4.69, 9.17) is 28.3 Å². The summed E-state index contributed by atoms with van der Waals surface area (Å²) < 4.78 is 0. The Labute approximate surface area is 135 Å². The summed E-state index contributed by atoms with van der Waals surface area (Å²) in [4.78, 5) is 12.8. The second-order valence-electron chi connectivity index (χ2n) is 5.40. The van der Waals surface area contributed by atoms with Crippen molar-refractivity contribution in [1.29, 1.82) is 0 Å². The van der Waals surface area contributed by atoms with Crippen LogP contribution in [0.4, 0.5) is 0 Å². The number of nitrogens with one attached hydrogen (secondary N) is 1. The van der Waals surface area contributed by atoms with Crippen molar-refractivity contribution in [2.24, 2.45) is 0 Å². The van der Waals surface area contributed by atoms with E-state index in [0.717, 1.165) is 24.9 Å². The summed E-state index contributed by atoms with van der Waals surface area (Å²) in [7, 11) is 0. The summed E-state index contributed by atoms with van der Waals surface area (Å²) in [5, 5.41) is 13.7. The lowest BCUT2D eigenvalue weighted by Gasteiger charge is -2.42. The highest BCUT2D eigenvalue weighted by Crippen LogP contribution is 2.27. The zero-order chi connectivity index (χ0) is 15.4. The van der Waals surface area contributed by atoms with Gasteiger partial charge in [-0.2, -0.15) is 0 Å². The van der Waals surface area contributed by atoms with Gasteiger partial charge >= 0.3 is 5.97 Å². The molecule has 1 fully saturated rings. The summed E-state index contributed by atoms with van der Waals surface area (Å²) >= 11 is 12.1. The average molecular weight is 331 g/mol. The Morgan fingerprint density at radius 3 is 2.76 bits per heavy atom. The first-order valence-electron chi connectivity index (χ1n) is 7.12. The third kappa shape index (κ3) is 4.58. The average Bonchev–Trinajstić information content (AvgIpc) is 2.38. The van der Waals surface area contributed by atoms with Gasteiger partial charge in [-0.1, -0.05) is 30.1 Å². The van der Waals surface area contributed by atoms with Gasteiger partial charge in [-0.25, -0.2) is 0 Å². The number of carboxylic acids is 1. The number of hydrogen-bond donors (Lipinski definition) is 2. The number of hydrogen-bond acceptors (Lipinski definition) is 3. The third-order valence-corrected chi connectivity index (χ3v) is 4.57. The zero-order valence-electron chi connectivity index (χ0n) is 12.0. The van der Waals surface area contributed by atoms with E-state index < -0.39 is 5.97 Å². The van der Waals surface area contributed by atoms with Crippen LogP contribution in [0.2, 0.25) is 10.0 Å². The number of rotatable bonds is 7. The number of nitrogens with zero attached hydrogens (tertiary/aromatic N) is 1. The maximum absolute atomic E-state index is 10.8. The smallest absolute Gasteiger partial charge is 0.317 e. The lowest BCUT2D eigenvalue weighted by molar-refractivity contribution is -0.139. The molecule has 1 aliphatic rings. The Morgan fingerprint density at radius 1 is 1.43 bits per heavy atom. The highest BCUT2D eigenvalue weighted by atomic mass is 35.5. The molecular formula is C15H20Cl2N2O2. The van der Waals surface area contributed by atoms with Crippen molar-refractivity contribution in [3.05, 3.63) is 33.8 Å². The Balaban J connectivity index is 1.77. The first-order chi connectivity index (χ1) is 9.99. The van der Waals surface area contributed by atoms with Crippen molar-refractivity contribution >= 4 is 29.2 Å². The minimum atomic E-state index is -0.765. The molecule has 2 N–H and O–H groups in total. The van der Waals surface area contributed by atoms with Crippen LogP contribution in [0, 0.1) is 0 Å². The third-order valence-electron chi connectivity index (χ3n) is 3.96. The molecule has 1 aromatic rings. The van der Waals surface area contributed by atoms with Gasteiger partial charge in [0.1, 0.15) is 0 Å². The van der Waals surface area contributed by atoms with Crippen molar-refractivity contribution in [3.63, 3.8) is 0 Å². The van der Waals surface area contributed by atoms with Gasteiger partial charge in [-0.3, -0.25) is 9.69 Å². The molecule has 0 radical (unpaired) electrons. The first-order valence-corrected chi connectivity index (χ1v) is 7.88. The van der Waals surface area contributed by atoms with E-state index >= 15 is 0 Å². The van der Waals surface area contributed by atoms with Crippen LogP contribution in [-0.4, -0.2) is 41.1 Å². The minimum absolute atomic E-state index is 0.119. The zero-order valence-corrected chi connectivity index (χ0v) is 13.5. The fourth-order valence-electron chi connectivity index (χ4n) is 2.66. The van der Waals surface area contributed by atoms with Crippen molar-refractivity contribution in [1.82, 2.24) is 10.2 Å². The Morgan fingerprint density at radius 2 is 2.14 bits per heavy atom. The van der Waals surface area contributed by atoms with Gasteiger partial charge in [-0.15, -0.1) is 0 Å². The summed E-state index contributed by atoms with van der Waals surface area (Å²) in [5.74, 6) is -0.765. The van der Waals surface area contributed by atoms with Crippen LogP contribution in [0.3, 0.4) is 0 Å². The topological polar surface area (TPSA) is 52.6 Å². The molecule has 2 rings (SSSR count). The lowest BCUT2D eigenvalue weighted by atomic mass is 9.85. The number of halogens is 2. The van der Waals surface area contributed by atoms with Crippen molar-refractivity contribution < 1.29 is 9.90 Å². The molecule has 0 aliphatic heterocycles. The van der Waals surface area contributed by atoms with Crippen molar-refractivity contribution in [2.45, 2.75) is 38.4 Å².